The van der Waals surface area contributed by atoms with Crippen LogP contribution in [0.25, 0.3) is 0 Å². The first-order valence-corrected chi connectivity index (χ1v) is 3.52. The average molecular weight is 182 g/mol. The molecular formula is C7H16ClNO2. The van der Waals surface area contributed by atoms with Gasteiger partial charge < -0.3 is 22.0 Å². The maximum Gasteiger partial charge on any atom is 0.305 e. The number of esters is 1. The number of rotatable bonds is 4. The molecule has 0 unspecified atom stereocenters. The lowest BCUT2D eigenvalue weighted by molar-refractivity contribution is -0.858. The summed E-state index contributed by atoms with van der Waals surface area (Å²) in [4.78, 5) is 11.9. The number of hydrogen-bond donors (Lipinski definition) is 1. The first kappa shape index (κ1) is 13.3. The Morgan fingerprint density at radius 2 is 2.00 bits per heavy atom. The highest BCUT2D eigenvalue weighted by molar-refractivity contribution is 5.68. The molecule has 1 N–H and O–H groups in total. The van der Waals surface area contributed by atoms with E-state index in [0.29, 0.717) is 6.42 Å². The molecule has 0 saturated heterocycles. The van der Waals surface area contributed by atoms with Crippen molar-refractivity contribution in [2.45, 2.75) is 12.8 Å². The van der Waals surface area contributed by atoms with Crippen molar-refractivity contribution in [3.63, 3.8) is 0 Å². The second-order valence-corrected chi connectivity index (χ2v) is 2.64. The monoisotopic (exact) mass is 181 g/mol. The van der Waals surface area contributed by atoms with Gasteiger partial charge in [-0.15, -0.1) is 0 Å². The van der Waals surface area contributed by atoms with Crippen molar-refractivity contribution in [2.75, 3.05) is 27.7 Å². The Hall–Kier alpha value is -0.280. The highest BCUT2D eigenvalue weighted by Gasteiger charge is 2.00. The normalized spacial score (nSPS) is 9.09. The molecule has 0 heterocycles. The first-order chi connectivity index (χ1) is 4.66. The maximum absolute atomic E-state index is 10.6. The van der Waals surface area contributed by atoms with Crippen LogP contribution in [0.5, 0.6) is 0 Å². The molecule has 0 saturated carbocycles. The lowest BCUT2D eigenvalue weighted by Gasteiger charge is -2.04. The molecule has 0 fully saturated rings. The highest BCUT2D eigenvalue weighted by atomic mass is 35.5. The Labute approximate surface area is 74.1 Å². The number of quaternary nitrogens is 1. The SMILES string of the molecule is COC(=O)CCC[NH+](C)C.[Cl-]. The van der Waals surface area contributed by atoms with Crippen LogP contribution in [0.1, 0.15) is 12.8 Å². The molecule has 0 atom stereocenters. The van der Waals surface area contributed by atoms with E-state index in [9.17, 15) is 4.79 Å². The van der Waals surface area contributed by atoms with Gasteiger partial charge >= 0.3 is 5.97 Å². The van der Waals surface area contributed by atoms with Gasteiger partial charge in [-0.1, -0.05) is 0 Å². The summed E-state index contributed by atoms with van der Waals surface area (Å²) in [6.45, 7) is 1.02. The fraction of sp³-hybridized carbons (Fsp3) is 0.857. The van der Waals surface area contributed by atoms with Gasteiger partial charge in [0, 0.05) is 6.42 Å². The summed E-state index contributed by atoms with van der Waals surface area (Å²) < 4.78 is 4.48. The molecule has 0 spiro atoms. The predicted molar refractivity (Wildman–Crippen MR) is 38.9 cm³/mol. The Kier molecular flexibility index (Phi) is 9.47. The van der Waals surface area contributed by atoms with Crippen molar-refractivity contribution < 1.29 is 26.8 Å². The van der Waals surface area contributed by atoms with E-state index in [1.54, 1.807) is 0 Å². The van der Waals surface area contributed by atoms with Gasteiger partial charge in [-0.3, -0.25) is 4.79 Å². The van der Waals surface area contributed by atoms with E-state index >= 15 is 0 Å². The molecule has 0 amide bonds. The zero-order chi connectivity index (χ0) is 7.98. The second kappa shape index (κ2) is 7.82. The minimum Gasteiger partial charge on any atom is -1.00 e. The molecule has 0 rings (SSSR count). The lowest BCUT2D eigenvalue weighted by Crippen LogP contribution is -3.05. The van der Waals surface area contributed by atoms with Crippen LogP contribution in [0.2, 0.25) is 0 Å². The van der Waals surface area contributed by atoms with Crippen molar-refractivity contribution in [3.05, 3.63) is 0 Å². The molecular weight excluding hydrogens is 166 g/mol. The minimum absolute atomic E-state index is 0. The fourth-order valence-corrected chi connectivity index (χ4v) is 0.688. The summed E-state index contributed by atoms with van der Waals surface area (Å²) in [5.74, 6) is -0.110. The number of carbonyl (C=O) groups is 1. The van der Waals surface area contributed by atoms with Crippen molar-refractivity contribution in [1.82, 2.24) is 0 Å². The molecule has 0 aliphatic heterocycles. The number of ether oxygens (including phenoxy) is 1. The van der Waals surface area contributed by atoms with E-state index in [1.807, 2.05) is 0 Å². The molecule has 4 heteroatoms. The van der Waals surface area contributed by atoms with Crippen LogP contribution in [0.3, 0.4) is 0 Å². The molecule has 0 bridgehead atoms. The van der Waals surface area contributed by atoms with Crippen molar-refractivity contribution in [3.8, 4) is 0 Å². The van der Waals surface area contributed by atoms with Crippen LogP contribution in [-0.2, 0) is 9.53 Å². The molecule has 0 aliphatic rings. The first-order valence-electron chi connectivity index (χ1n) is 3.52. The Morgan fingerprint density at radius 1 is 1.45 bits per heavy atom. The minimum atomic E-state index is -0.110. The van der Waals surface area contributed by atoms with Crippen LogP contribution in [0.15, 0.2) is 0 Å². The number of nitrogens with one attached hydrogen (secondary N) is 1. The fourth-order valence-electron chi connectivity index (χ4n) is 0.688. The predicted octanol–water partition coefficient (Wildman–Crippen LogP) is -3.91. The maximum atomic E-state index is 10.6. The van der Waals surface area contributed by atoms with Crippen LogP contribution in [-0.4, -0.2) is 33.7 Å². The zero-order valence-corrected chi connectivity index (χ0v) is 8.07. The smallest absolute Gasteiger partial charge is 0.305 e. The van der Waals surface area contributed by atoms with Gasteiger partial charge in [-0.05, 0) is 0 Å². The third-order valence-electron chi connectivity index (χ3n) is 1.29. The third-order valence-corrected chi connectivity index (χ3v) is 1.29. The Morgan fingerprint density at radius 3 is 2.36 bits per heavy atom. The molecule has 0 aromatic heterocycles. The standard InChI is InChI=1S/C7H15NO2.ClH/c1-8(2)6-4-5-7(9)10-3;/h4-6H2,1-3H3;1H. The van der Waals surface area contributed by atoms with Crippen LogP contribution >= 0.6 is 0 Å². The van der Waals surface area contributed by atoms with Crippen molar-refractivity contribution in [2.24, 2.45) is 0 Å². The average Bonchev–Trinajstić information content (AvgIpc) is 1.87. The van der Waals surface area contributed by atoms with Gasteiger partial charge in [0.1, 0.15) is 0 Å². The number of hydrogen-bond acceptors (Lipinski definition) is 2. The molecule has 68 valence electrons. The second-order valence-electron chi connectivity index (χ2n) is 2.64. The van der Waals surface area contributed by atoms with E-state index in [0.717, 1.165) is 13.0 Å². The van der Waals surface area contributed by atoms with Crippen LogP contribution in [0, 0.1) is 0 Å². The van der Waals surface area contributed by atoms with E-state index in [4.69, 9.17) is 0 Å². The number of methoxy groups -OCH3 is 1. The Bertz CT molecular complexity index is 107. The van der Waals surface area contributed by atoms with Gasteiger partial charge in [0.2, 0.25) is 0 Å². The molecule has 3 nitrogen and oxygen atoms in total. The van der Waals surface area contributed by atoms with Gasteiger partial charge in [-0.25, -0.2) is 0 Å². The van der Waals surface area contributed by atoms with Gasteiger partial charge in [0.25, 0.3) is 0 Å². The summed E-state index contributed by atoms with van der Waals surface area (Å²) in [5.41, 5.74) is 0. The lowest BCUT2D eigenvalue weighted by atomic mass is 10.3. The summed E-state index contributed by atoms with van der Waals surface area (Å²) in [6.07, 6.45) is 1.46. The van der Waals surface area contributed by atoms with Gasteiger partial charge in [0.15, 0.2) is 0 Å². The molecule has 0 aromatic rings. The summed E-state index contributed by atoms with van der Waals surface area (Å²) in [5, 5.41) is 0. The number of halogens is 1. The molecule has 0 radical (unpaired) electrons. The Balaban J connectivity index is 0. The van der Waals surface area contributed by atoms with Crippen LogP contribution < -0.4 is 17.3 Å². The van der Waals surface area contributed by atoms with Gasteiger partial charge in [-0.2, -0.15) is 0 Å². The largest absolute Gasteiger partial charge is 1.00 e. The summed E-state index contributed by atoms with van der Waals surface area (Å²) >= 11 is 0. The van der Waals surface area contributed by atoms with E-state index in [2.05, 4.69) is 18.8 Å². The molecule has 11 heavy (non-hydrogen) atoms. The van der Waals surface area contributed by atoms with Crippen LogP contribution in [0.4, 0.5) is 0 Å². The van der Waals surface area contributed by atoms with Gasteiger partial charge in [0.05, 0.1) is 34.2 Å². The van der Waals surface area contributed by atoms with E-state index in [1.165, 1.54) is 12.0 Å². The topological polar surface area (TPSA) is 30.7 Å². The summed E-state index contributed by atoms with van der Waals surface area (Å²) in [7, 11) is 5.55. The number of carbonyl (C=O) groups excluding carboxylic acids is 1. The van der Waals surface area contributed by atoms with E-state index in [-0.39, 0.29) is 18.4 Å². The third kappa shape index (κ3) is 9.72. The molecule has 0 aliphatic carbocycles. The zero-order valence-electron chi connectivity index (χ0n) is 7.32. The van der Waals surface area contributed by atoms with Crippen molar-refractivity contribution in [1.29, 1.82) is 0 Å². The highest BCUT2D eigenvalue weighted by Crippen LogP contribution is 1.86. The van der Waals surface area contributed by atoms with E-state index < -0.39 is 0 Å². The quantitative estimate of drug-likeness (QED) is 0.450. The summed E-state index contributed by atoms with van der Waals surface area (Å²) in [6, 6.07) is 0. The van der Waals surface area contributed by atoms with Crippen molar-refractivity contribution >= 4 is 5.97 Å². The molecule has 0 aromatic carbocycles.